The van der Waals surface area contributed by atoms with Gasteiger partial charge in [-0.05, 0) is 25.5 Å². The molecule has 2 aliphatic heterocycles. The fourth-order valence-corrected chi connectivity index (χ4v) is 4.12. The highest BCUT2D eigenvalue weighted by Crippen LogP contribution is 2.60. The minimum Gasteiger partial charge on any atom is -0.488 e. The molecule has 1 saturated carbocycles. The number of esters is 1. The molecule has 5 rings (SSSR count). The Hall–Kier alpha value is -2.80. The zero-order chi connectivity index (χ0) is 19.4. The Morgan fingerprint density at radius 1 is 1.36 bits per heavy atom. The Bertz CT molecular complexity index is 1010. The van der Waals surface area contributed by atoms with E-state index in [0.29, 0.717) is 47.5 Å². The number of carbonyl (C=O) groups is 2. The summed E-state index contributed by atoms with van der Waals surface area (Å²) in [7, 11) is 0. The molecule has 1 aromatic heterocycles. The van der Waals surface area contributed by atoms with Gasteiger partial charge in [-0.25, -0.2) is 4.98 Å². The molecule has 0 saturated heterocycles. The second-order valence-electron chi connectivity index (χ2n) is 6.99. The van der Waals surface area contributed by atoms with E-state index in [4.69, 9.17) is 25.8 Å². The van der Waals surface area contributed by atoms with Crippen molar-refractivity contribution in [2.75, 3.05) is 11.9 Å². The molecule has 1 aliphatic carbocycles. The van der Waals surface area contributed by atoms with Gasteiger partial charge >= 0.3 is 5.97 Å². The van der Waals surface area contributed by atoms with Crippen LogP contribution in [0.2, 0.25) is 5.02 Å². The monoisotopic (exact) mass is 400 g/mol. The number of aromatic nitrogens is 1. The second kappa shape index (κ2) is 6.38. The number of hydrogen-bond donors (Lipinski definition) is 1. The first kappa shape index (κ1) is 17.3. The van der Waals surface area contributed by atoms with Gasteiger partial charge in [-0.1, -0.05) is 11.6 Å². The zero-order valence-corrected chi connectivity index (χ0v) is 15.8. The average Bonchev–Trinajstić information content (AvgIpc) is 3.27. The topological polar surface area (TPSA) is 86.8 Å². The van der Waals surface area contributed by atoms with Gasteiger partial charge < -0.3 is 19.5 Å². The number of carbonyl (C=O) groups excluding carboxylic acids is 2. The van der Waals surface area contributed by atoms with Crippen LogP contribution in [0.15, 0.2) is 24.4 Å². The van der Waals surface area contributed by atoms with E-state index < -0.39 is 0 Å². The molecule has 144 valence electrons. The van der Waals surface area contributed by atoms with E-state index in [1.54, 1.807) is 25.3 Å². The Morgan fingerprint density at radius 3 is 3.04 bits per heavy atom. The Balaban J connectivity index is 1.44. The average molecular weight is 401 g/mol. The molecule has 3 heterocycles. The number of nitrogens with zero attached hydrogens (tertiary/aromatic N) is 1. The van der Waals surface area contributed by atoms with E-state index >= 15 is 0 Å². The highest BCUT2D eigenvalue weighted by Gasteiger charge is 2.63. The van der Waals surface area contributed by atoms with Crippen LogP contribution in [0.4, 0.5) is 5.82 Å². The minimum absolute atomic E-state index is 0.0284. The molecular formula is C20H17ClN2O5. The lowest BCUT2D eigenvalue weighted by Crippen LogP contribution is -2.20. The fraction of sp³-hybridized carbons (Fsp3) is 0.350. The molecule has 3 atom stereocenters. The van der Waals surface area contributed by atoms with E-state index in [1.807, 2.05) is 6.07 Å². The summed E-state index contributed by atoms with van der Waals surface area (Å²) in [5.41, 5.74) is 1.74. The van der Waals surface area contributed by atoms with Gasteiger partial charge in [-0.2, -0.15) is 0 Å². The van der Waals surface area contributed by atoms with Crippen LogP contribution >= 0.6 is 11.6 Å². The summed E-state index contributed by atoms with van der Waals surface area (Å²) in [4.78, 5) is 27.8. The predicted molar refractivity (Wildman–Crippen MR) is 100.0 cm³/mol. The first-order chi connectivity index (χ1) is 13.6. The fourth-order valence-electron chi connectivity index (χ4n) is 3.93. The number of rotatable bonds is 4. The largest absolute Gasteiger partial charge is 0.488 e. The number of halogens is 1. The number of anilines is 1. The van der Waals surface area contributed by atoms with E-state index in [9.17, 15) is 9.59 Å². The van der Waals surface area contributed by atoms with Gasteiger partial charge in [-0.15, -0.1) is 0 Å². The van der Waals surface area contributed by atoms with Crippen LogP contribution in [0.3, 0.4) is 0 Å². The van der Waals surface area contributed by atoms with Gasteiger partial charge in [0.25, 0.3) is 0 Å². The van der Waals surface area contributed by atoms with E-state index in [2.05, 4.69) is 10.3 Å². The molecule has 1 fully saturated rings. The van der Waals surface area contributed by atoms with Gasteiger partial charge in [0, 0.05) is 35.7 Å². The van der Waals surface area contributed by atoms with Crippen LogP contribution in [0.1, 0.15) is 30.4 Å². The summed E-state index contributed by atoms with van der Waals surface area (Å²) in [5, 5.41) is 3.17. The lowest BCUT2D eigenvalue weighted by atomic mass is 10.1. The molecule has 3 aliphatic rings. The van der Waals surface area contributed by atoms with Crippen molar-refractivity contribution in [2.24, 2.45) is 5.92 Å². The molecule has 1 amide bonds. The molecule has 2 aromatic rings. The van der Waals surface area contributed by atoms with E-state index in [1.165, 1.54) is 0 Å². The highest BCUT2D eigenvalue weighted by molar-refractivity contribution is 6.32. The maximum absolute atomic E-state index is 12.1. The molecule has 1 aromatic carbocycles. The molecule has 8 heteroatoms. The van der Waals surface area contributed by atoms with Crippen LogP contribution in [0.5, 0.6) is 17.2 Å². The summed E-state index contributed by atoms with van der Waals surface area (Å²) in [6, 6.07) is 5.30. The maximum Gasteiger partial charge on any atom is 0.313 e. The summed E-state index contributed by atoms with van der Waals surface area (Å²) in [6.07, 6.45) is 2.32. The van der Waals surface area contributed by atoms with Crippen molar-refractivity contribution in [1.29, 1.82) is 0 Å². The normalized spacial score (nSPS) is 23.6. The standard InChI is InChI=1S/C20H17ClN2O5/c1-2-26-20(25)17-16-10-7-14(11(21)8-13(10)28-18(16)17)27-12-5-6-22-19-9(12)3-4-15(24)23-19/h5-8,16-18H,2-4H2,1H3,(H,22,23,24). The lowest BCUT2D eigenvalue weighted by Gasteiger charge is -2.19. The van der Waals surface area contributed by atoms with Gasteiger partial charge in [0.2, 0.25) is 5.91 Å². The second-order valence-corrected chi connectivity index (χ2v) is 7.40. The number of amides is 1. The van der Waals surface area contributed by atoms with Gasteiger partial charge in [0.1, 0.15) is 35.1 Å². The van der Waals surface area contributed by atoms with Crippen molar-refractivity contribution in [2.45, 2.75) is 31.8 Å². The Labute approximate surface area is 165 Å². The first-order valence-electron chi connectivity index (χ1n) is 9.19. The van der Waals surface area contributed by atoms with Gasteiger partial charge in [-0.3, -0.25) is 9.59 Å². The van der Waals surface area contributed by atoms with Crippen LogP contribution in [0, 0.1) is 5.92 Å². The van der Waals surface area contributed by atoms with Crippen molar-refractivity contribution in [1.82, 2.24) is 4.98 Å². The maximum atomic E-state index is 12.1. The summed E-state index contributed by atoms with van der Waals surface area (Å²) < 4.78 is 17.1. The van der Waals surface area contributed by atoms with Gasteiger partial charge in [0.15, 0.2) is 0 Å². The van der Waals surface area contributed by atoms with Crippen LogP contribution in [-0.2, 0) is 20.7 Å². The number of pyridine rings is 1. The lowest BCUT2D eigenvalue weighted by molar-refractivity contribution is -0.145. The van der Waals surface area contributed by atoms with Crippen LogP contribution in [-0.4, -0.2) is 29.6 Å². The van der Waals surface area contributed by atoms with Crippen LogP contribution in [0.25, 0.3) is 0 Å². The summed E-state index contributed by atoms with van der Waals surface area (Å²) in [5.74, 6) is 1.67. The van der Waals surface area contributed by atoms with Crippen molar-refractivity contribution in [3.63, 3.8) is 0 Å². The Morgan fingerprint density at radius 2 is 2.21 bits per heavy atom. The minimum atomic E-state index is -0.273. The molecule has 7 nitrogen and oxygen atoms in total. The Kier molecular flexibility index (Phi) is 3.94. The van der Waals surface area contributed by atoms with Crippen LogP contribution < -0.4 is 14.8 Å². The van der Waals surface area contributed by atoms with Gasteiger partial charge in [0.05, 0.1) is 11.6 Å². The predicted octanol–water partition coefficient (Wildman–Crippen LogP) is 3.45. The smallest absolute Gasteiger partial charge is 0.313 e. The third kappa shape index (κ3) is 2.69. The molecule has 28 heavy (non-hydrogen) atoms. The van der Waals surface area contributed by atoms with E-state index in [-0.39, 0.29) is 29.8 Å². The van der Waals surface area contributed by atoms with Crippen molar-refractivity contribution in [3.8, 4) is 17.2 Å². The number of nitrogens with one attached hydrogen (secondary N) is 1. The first-order valence-corrected chi connectivity index (χ1v) is 9.57. The quantitative estimate of drug-likeness (QED) is 0.791. The molecule has 1 N–H and O–H groups in total. The molecular weight excluding hydrogens is 384 g/mol. The SMILES string of the molecule is CCOC(=O)C1C2Oc3cc(Cl)c(Oc4ccnc5c4CCC(=O)N5)cc3C21. The van der Waals surface area contributed by atoms with Crippen molar-refractivity contribution in [3.05, 3.63) is 40.5 Å². The third-order valence-corrected chi connectivity index (χ3v) is 5.59. The van der Waals surface area contributed by atoms with E-state index in [0.717, 1.165) is 11.1 Å². The molecule has 0 radical (unpaired) electrons. The number of fused-ring (bicyclic) bond motifs is 4. The molecule has 3 unspecified atom stereocenters. The number of hydrogen-bond acceptors (Lipinski definition) is 6. The number of benzene rings is 1. The molecule has 0 spiro atoms. The zero-order valence-electron chi connectivity index (χ0n) is 15.0. The highest BCUT2D eigenvalue weighted by atomic mass is 35.5. The summed E-state index contributed by atoms with van der Waals surface area (Å²) >= 11 is 6.39. The number of ether oxygens (including phenoxy) is 3. The molecule has 0 bridgehead atoms. The van der Waals surface area contributed by atoms with Crippen molar-refractivity contribution < 1.29 is 23.8 Å². The third-order valence-electron chi connectivity index (χ3n) is 5.29. The summed E-state index contributed by atoms with van der Waals surface area (Å²) in [6.45, 7) is 2.13. The van der Waals surface area contributed by atoms with Crippen molar-refractivity contribution >= 4 is 29.3 Å².